The largest absolute Gasteiger partial charge is 0.352 e. The van der Waals surface area contributed by atoms with Crippen LogP contribution < -0.4 is 10.6 Å². The smallest absolute Gasteiger partial charge is 0.238 e. The van der Waals surface area contributed by atoms with E-state index in [0.717, 1.165) is 43.7 Å². The Hall–Kier alpha value is -2.38. The molecular weight excluding hydrogens is 316 g/mol. The predicted molar refractivity (Wildman–Crippen MR) is 93.5 cm³/mol. The van der Waals surface area contributed by atoms with Crippen molar-refractivity contribution in [2.45, 2.75) is 31.5 Å². The number of hydrogen-bond donors (Lipinski definition) is 2. The average molecular weight is 338 g/mol. The third-order valence-corrected chi connectivity index (χ3v) is 4.51. The summed E-state index contributed by atoms with van der Waals surface area (Å²) >= 11 is 0. The molecule has 2 N–H and O–H groups in total. The van der Waals surface area contributed by atoms with Crippen LogP contribution in [0.15, 0.2) is 36.8 Å². The van der Waals surface area contributed by atoms with Gasteiger partial charge in [0, 0.05) is 56.4 Å². The topological polar surface area (TPSA) is 83.0 Å². The van der Waals surface area contributed by atoms with Crippen LogP contribution in [0.5, 0.6) is 0 Å². The van der Waals surface area contributed by atoms with Crippen molar-refractivity contribution < 1.29 is 4.79 Å². The van der Waals surface area contributed by atoms with Crippen LogP contribution in [-0.4, -0.2) is 57.5 Å². The Morgan fingerprint density at radius 1 is 1.24 bits per heavy atom. The first-order valence-electron chi connectivity index (χ1n) is 8.76. The van der Waals surface area contributed by atoms with Gasteiger partial charge < -0.3 is 10.6 Å². The predicted octanol–water partition coefficient (Wildman–Crippen LogP) is 0.591. The number of carbonyl (C=O) groups excluding carboxylic acids is 1. The molecule has 3 heterocycles. The molecule has 0 spiro atoms. The summed E-state index contributed by atoms with van der Waals surface area (Å²) in [5.41, 5.74) is 1.82. The van der Waals surface area contributed by atoms with E-state index >= 15 is 0 Å². The first-order chi connectivity index (χ1) is 12.3. The Kier molecular flexibility index (Phi) is 4.67. The van der Waals surface area contributed by atoms with Crippen molar-refractivity contribution in [1.29, 1.82) is 0 Å². The highest BCUT2D eigenvalue weighted by Gasteiger charge is 2.30. The molecule has 2 aliphatic rings. The maximum absolute atomic E-state index is 12.2. The SMILES string of the molecule is O=C(NC1CC1)[C@@H]1CN(Cc2cnc(-c3ccccn3)nc2)CCN1. The molecule has 0 radical (unpaired) electrons. The molecule has 1 aliphatic carbocycles. The lowest BCUT2D eigenvalue weighted by molar-refractivity contribution is -0.124. The van der Waals surface area contributed by atoms with Crippen LogP contribution in [0, 0.1) is 0 Å². The fourth-order valence-electron chi connectivity index (χ4n) is 2.98. The molecule has 1 amide bonds. The monoisotopic (exact) mass is 338 g/mol. The molecule has 7 heteroatoms. The first kappa shape index (κ1) is 16.1. The molecule has 1 saturated carbocycles. The molecule has 1 aliphatic heterocycles. The summed E-state index contributed by atoms with van der Waals surface area (Å²) in [6.45, 7) is 3.18. The fourth-order valence-corrected chi connectivity index (χ4v) is 2.98. The number of hydrogen-bond acceptors (Lipinski definition) is 6. The van der Waals surface area contributed by atoms with Gasteiger partial charge in [-0.2, -0.15) is 0 Å². The van der Waals surface area contributed by atoms with Crippen LogP contribution in [0.1, 0.15) is 18.4 Å². The van der Waals surface area contributed by atoms with Gasteiger partial charge in [0.25, 0.3) is 0 Å². The standard InChI is InChI=1S/C18H22N6O/c25-18(23-14-4-5-14)16-12-24(8-7-20-16)11-13-9-21-17(22-10-13)15-3-1-2-6-19-15/h1-3,6,9-10,14,16,20H,4-5,7-8,11-12H2,(H,23,25)/t16-/m0/s1. The van der Waals surface area contributed by atoms with Crippen molar-refractivity contribution in [1.82, 2.24) is 30.5 Å². The molecule has 1 saturated heterocycles. The number of amides is 1. The van der Waals surface area contributed by atoms with Crippen LogP contribution in [0.3, 0.4) is 0 Å². The van der Waals surface area contributed by atoms with E-state index in [0.29, 0.717) is 18.4 Å². The van der Waals surface area contributed by atoms with Gasteiger partial charge in [-0.1, -0.05) is 6.07 Å². The van der Waals surface area contributed by atoms with Crippen molar-refractivity contribution in [3.8, 4) is 11.5 Å². The second-order valence-corrected chi connectivity index (χ2v) is 6.65. The highest BCUT2D eigenvalue weighted by atomic mass is 16.2. The van der Waals surface area contributed by atoms with E-state index in [2.05, 4.69) is 30.5 Å². The van der Waals surface area contributed by atoms with Gasteiger partial charge in [0.05, 0.1) is 6.04 Å². The molecule has 0 bridgehead atoms. The Morgan fingerprint density at radius 2 is 2.08 bits per heavy atom. The summed E-state index contributed by atoms with van der Waals surface area (Å²) in [7, 11) is 0. The zero-order valence-corrected chi connectivity index (χ0v) is 14.1. The van der Waals surface area contributed by atoms with Gasteiger partial charge in [-0.15, -0.1) is 0 Å². The van der Waals surface area contributed by atoms with E-state index in [-0.39, 0.29) is 11.9 Å². The maximum Gasteiger partial charge on any atom is 0.238 e. The number of pyridine rings is 1. The summed E-state index contributed by atoms with van der Waals surface area (Å²) < 4.78 is 0. The molecular formula is C18H22N6O. The number of piperazine rings is 1. The van der Waals surface area contributed by atoms with Gasteiger partial charge in [0.2, 0.25) is 5.91 Å². The zero-order chi connectivity index (χ0) is 17.1. The van der Waals surface area contributed by atoms with Gasteiger partial charge in [0.1, 0.15) is 5.69 Å². The van der Waals surface area contributed by atoms with Crippen LogP contribution in [0.2, 0.25) is 0 Å². The van der Waals surface area contributed by atoms with E-state index in [1.54, 1.807) is 6.20 Å². The lowest BCUT2D eigenvalue weighted by atomic mass is 10.1. The Balaban J connectivity index is 1.35. The minimum atomic E-state index is -0.136. The van der Waals surface area contributed by atoms with E-state index < -0.39 is 0 Å². The molecule has 4 rings (SSSR count). The normalized spacial score (nSPS) is 21.0. The quantitative estimate of drug-likeness (QED) is 0.830. The molecule has 25 heavy (non-hydrogen) atoms. The number of carbonyl (C=O) groups is 1. The third-order valence-electron chi connectivity index (χ3n) is 4.51. The molecule has 7 nitrogen and oxygen atoms in total. The summed E-state index contributed by atoms with van der Waals surface area (Å²) in [6, 6.07) is 5.96. The van der Waals surface area contributed by atoms with Crippen LogP contribution in [0.25, 0.3) is 11.5 Å². The number of rotatable bonds is 5. The van der Waals surface area contributed by atoms with E-state index in [1.165, 1.54) is 0 Å². The fraction of sp³-hybridized carbons (Fsp3) is 0.444. The highest BCUT2D eigenvalue weighted by molar-refractivity contribution is 5.82. The third kappa shape index (κ3) is 4.18. The summed E-state index contributed by atoms with van der Waals surface area (Å²) in [5.74, 6) is 0.750. The zero-order valence-electron chi connectivity index (χ0n) is 14.1. The van der Waals surface area contributed by atoms with Crippen molar-refractivity contribution in [3.05, 3.63) is 42.4 Å². The second-order valence-electron chi connectivity index (χ2n) is 6.65. The lowest BCUT2D eigenvalue weighted by Gasteiger charge is -2.32. The molecule has 2 fully saturated rings. The van der Waals surface area contributed by atoms with Crippen molar-refractivity contribution in [2.75, 3.05) is 19.6 Å². The molecule has 130 valence electrons. The van der Waals surface area contributed by atoms with Crippen LogP contribution >= 0.6 is 0 Å². The summed E-state index contributed by atoms with van der Waals surface area (Å²) in [4.78, 5) is 27.6. The van der Waals surface area contributed by atoms with Crippen molar-refractivity contribution >= 4 is 5.91 Å². The minimum absolute atomic E-state index is 0.119. The Morgan fingerprint density at radius 3 is 2.80 bits per heavy atom. The van der Waals surface area contributed by atoms with Crippen molar-refractivity contribution in [3.63, 3.8) is 0 Å². The summed E-state index contributed by atoms with van der Waals surface area (Å²) in [6.07, 6.45) is 7.65. The lowest BCUT2D eigenvalue weighted by Crippen LogP contribution is -2.57. The highest BCUT2D eigenvalue weighted by Crippen LogP contribution is 2.19. The van der Waals surface area contributed by atoms with E-state index in [4.69, 9.17) is 0 Å². The van der Waals surface area contributed by atoms with E-state index in [1.807, 2.05) is 30.6 Å². The molecule has 0 aromatic carbocycles. The minimum Gasteiger partial charge on any atom is -0.352 e. The molecule has 2 aromatic heterocycles. The van der Waals surface area contributed by atoms with Gasteiger partial charge >= 0.3 is 0 Å². The molecule has 1 atom stereocenters. The second kappa shape index (κ2) is 7.25. The summed E-state index contributed by atoms with van der Waals surface area (Å²) in [5, 5.41) is 6.38. The number of nitrogens with zero attached hydrogens (tertiary/aromatic N) is 4. The number of aromatic nitrogens is 3. The Labute approximate surface area is 146 Å². The van der Waals surface area contributed by atoms with Gasteiger partial charge in [-0.3, -0.25) is 14.7 Å². The van der Waals surface area contributed by atoms with Gasteiger partial charge in [-0.25, -0.2) is 9.97 Å². The maximum atomic E-state index is 12.2. The van der Waals surface area contributed by atoms with Gasteiger partial charge in [0.15, 0.2) is 5.82 Å². The number of nitrogens with one attached hydrogen (secondary N) is 2. The van der Waals surface area contributed by atoms with Gasteiger partial charge in [-0.05, 0) is 25.0 Å². The van der Waals surface area contributed by atoms with Crippen molar-refractivity contribution in [2.24, 2.45) is 0 Å². The Bertz CT molecular complexity index is 716. The van der Waals surface area contributed by atoms with Crippen LogP contribution in [-0.2, 0) is 11.3 Å². The molecule has 2 aromatic rings. The average Bonchev–Trinajstić information content (AvgIpc) is 3.47. The van der Waals surface area contributed by atoms with Crippen LogP contribution in [0.4, 0.5) is 0 Å². The van der Waals surface area contributed by atoms with E-state index in [9.17, 15) is 4.79 Å². The molecule has 0 unspecified atom stereocenters. The first-order valence-corrected chi connectivity index (χ1v) is 8.76.